The Hall–Kier alpha value is -0.960. The first kappa shape index (κ1) is 18.1. The molecular formula is C18H22ArN2. The van der Waals surface area contributed by atoms with Crippen molar-refractivity contribution in [3.63, 3.8) is 0 Å². The van der Waals surface area contributed by atoms with Gasteiger partial charge in [-0.3, -0.25) is 0 Å². The summed E-state index contributed by atoms with van der Waals surface area (Å²) in [6.45, 7) is 0. The third kappa shape index (κ3) is 5.39. The van der Waals surface area contributed by atoms with Gasteiger partial charge in [0.25, 0.3) is 0 Å². The van der Waals surface area contributed by atoms with Gasteiger partial charge in [0, 0.05) is 77.3 Å². The first-order valence-corrected chi connectivity index (χ1v) is 6.79. The fourth-order valence-corrected chi connectivity index (χ4v) is 1.96. The van der Waals surface area contributed by atoms with Crippen molar-refractivity contribution in [3.8, 4) is 0 Å². The molecule has 0 aliphatic rings. The molecule has 21 heavy (non-hydrogen) atoms. The average Bonchev–Trinajstić information content (AvgIpc) is 2.46. The first-order valence-electron chi connectivity index (χ1n) is 6.79. The molecule has 2 aromatic rings. The Morgan fingerprint density at radius 1 is 0.571 bits per heavy atom. The summed E-state index contributed by atoms with van der Waals surface area (Å²) in [7, 11) is 8.21. The van der Waals surface area contributed by atoms with Crippen LogP contribution in [0.25, 0.3) is 12.2 Å². The van der Waals surface area contributed by atoms with E-state index in [4.69, 9.17) is 0 Å². The molecule has 2 rings (SSSR count). The number of nitrogens with zero attached hydrogens (tertiary/aromatic N) is 2. The van der Waals surface area contributed by atoms with Crippen LogP contribution in [0.5, 0.6) is 0 Å². The number of hydrogen-bond acceptors (Lipinski definition) is 2. The smallest absolute Gasteiger partial charge is 0.0361 e. The molecule has 0 fully saturated rings. The number of hydrogen-bond donors (Lipinski definition) is 0. The van der Waals surface area contributed by atoms with Gasteiger partial charge in [-0.2, -0.15) is 0 Å². The molecule has 0 aromatic heterocycles. The van der Waals surface area contributed by atoms with E-state index in [0.717, 1.165) is 0 Å². The minimum Gasteiger partial charge on any atom is -0.378 e. The standard InChI is InChI=1S/C18H22N2.Ar/c1-19(2)17-11-7-15(8-12-17)5-6-16-9-13-18(14-10-16)20(3)4;/h5-14H,1-4H3;. The van der Waals surface area contributed by atoms with Gasteiger partial charge in [0.2, 0.25) is 0 Å². The fourth-order valence-electron chi connectivity index (χ4n) is 1.96. The number of benzene rings is 2. The van der Waals surface area contributed by atoms with Gasteiger partial charge in [-0.15, -0.1) is 0 Å². The Labute approximate surface area is 158 Å². The third-order valence-corrected chi connectivity index (χ3v) is 3.29. The van der Waals surface area contributed by atoms with Crippen molar-refractivity contribution >= 4 is 23.5 Å². The minimum absolute atomic E-state index is 0. The second-order valence-electron chi connectivity index (χ2n) is 5.31. The fraction of sp³-hybridized carbons (Fsp3) is 0.222. The normalized spacial score (nSPS) is 10.3. The van der Waals surface area contributed by atoms with E-state index in [2.05, 4.69) is 98.7 Å². The van der Waals surface area contributed by atoms with Crippen LogP contribution in [0.2, 0.25) is 0 Å². The van der Waals surface area contributed by atoms with Crippen LogP contribution in [-0.4, -0.2) is 28.2 Å². The van der Waals surface area contributed by atoms with Crippen molar-refractivity contribution < 1.29 is 37.7 Å². The SMILES string of the molecule is CN(C)c1ccc(C=Cc2ccc(N(C)C)cc2)cc1.[Ar]. The van der Waals surface area contributed by atoms with Gasteiger partial charge in [0.05, 0.1) is 0 Å². The molecule has 0 radical (unpaired) electrons. The third-order valence-electron chi connectivity index (χ3n) is 3.29. The Kier molecular flexibility index (Phi) is 7.30. The molecule has 0 unspecified atom stereocenters. The molecular weight excluding hydrogens is 284 g/mol. The van der Waals surface area contributed by atoms with Crippen LogP contribution in [0.3, 0.4) is 0 Å². The van der Waals surface area contributed by atoms with E-state index in [9.17, 15) is 0 Å². The van der Waals surface area contributed by atoms with Crippen molar-refractivity contribution in [1.82, 2.24) is 0 Å². The van der Waals surface area contributed by atoms with Crippen molar-refractivity contribution in [1.29, 1.82) is 0 Å². The van der Waals surface area contributed by atoms with Crippen molar-refractivity contribution in [2.75, 3.05) is 38.0 Å². The summed E-state index contributed by atoms with van der Waals surface area (Å²) in [6, 6.07) is 17.1. The minimum atomic E-state index is 0. The Morgan fingerprint density at radius 3 is 1.10 bits per heavy atom. The molecule has 0 heterocycles. The van der Waals surface area contributed by atoms with Gasteiger partial charge in [0.15, 0.2) is 0 Å². The maximum atomic E-state index is 2.14. The molecule has 0 bridgehead atoms. The molecule has 0 atom stereocenters. The Balaban J connectivity index is 0.00000220. The van der Waals surface area contributed by atoms with Crippen LogP contribution in [0.4, 0.5) is 11.4 Å². The van der Waals surface area contributed by atoms with E-state index < -0.39 is 0 Å². The van der Waals surface area contributed by atoms with E-state index in [0.29, 0.717) is 0 Å². The molecule has 0 aliphatic carbocycles. The predicted molar refractivity (Wildman–Crippen MR) is 90.5 cm³/mol. The van der Waals surface area contributed by atoms with Gasteiger partial charge in [-0.25, -0.2) is 0 Å². The predicted octanol–water partition coefficient (Wildman–Crippen LogP) is 3.99. The van der Waals surface area contributed by atoms with E-state index in [1.54, 1.807) is 0 Å². The maximum Gasteiger partial charge on any atom is 0.0361 e. The summed E-state index contributed by atoms with van der Waals surface area (Å²) >= 11 is 0. The number of rotatable bonds is 4. The monoisotopic (exact) mass is 306 g/mol. The Bertz CT molecular complexity index is 516. The average molecular weight is 306 g/mol. The number of anilines is 2. The molecule has 0 saturated heterocycles. The van der Waals surface area contributed by atoms with Gasteiger partial charge < -0.3 is 9.80 Å². The molecule has 2 nitrogen and oxygen atoms in total. The molecule has 0 saturated carbocycles. The summed E-state index contributed by atoms with van der Waals surface area (Å²) in [5, 5.41) is 0. The van der Waals surface area contributed by atoms with Crippen LogP contribution in [0.1, 0.15) is 11.1 Å². The molecule has 112 valence electrons. The van der Waals surface area contributed by atoms with E-state index in [1.807, 2.05) is 0 Å². The zero-order valence-electron chi connectivity index (χ0n) is 13.0. The van der Waals surface area contributed by atoms with Gasteiger partial charge in [-0.05, 0) is 35.4 Å². The molecule has 2 aromatic carbocycles. The largest absolute Gasteiger partial charge is 0.378 e. The van der Waals surface area contributed by atoms with E-state index in [1.165, 1.54) is 22.5 Å². The molecule has 3 heteroatoms. The zero-order valence-corrected chi connectivity index (χ0v) is 13.7. The second-order valence-corrected chi connectivity index (χ2v) is 5.31. The summed E-state index contributed by atoms with van der Waals surface area (Å²) < 4.78 is 0. The summed E-state index contributed by atoms with van der Waals surface area (Å²) in [5.74, 6) is 0. The van der Waals surface area contributed by atoms with E-state index in [-0.39, 0.29) is 37.7 Å². The molecule has 0 amide bonds. The van der Waals surface area contributed by atoms with Gasteiger partial charge >= 0.3 is 0 Å². The quantitative estimate of drug-likeness (QED) is 0.788. The van der Waals surface area contributed by atoms with E-state index >= 15 is 0 Å². The van der Waals surface area contributed by atoms with Crippen molar-refractivity contribution in [2.45, 2.75) is 0 Å². The van der Waals surface area contributed by atoms with Crippen molar-refractivity contribution in [3.05, 3.63) is 59.7 Å². The van der Waals surface area contributed by atoms with Gasteiger partial charge in [-0.1, -0.05) is 36.4 Å². The maximum absolute atomic E-state index is 2.14. The van der Waals surface area contributed by atoms with Crippen LogP contribution in [0.15, 0.2) is 48.5 Å². The Morgan fingerprint density at radius 2 is 0.857 bits per heavy atom. The van der Waals surface area contributed by atoms with Crippen LogP contribution in [0, 0.1) is 37.7 Å². The summed E-state index contributed by atoms with van der Waals surface area (Å²) in [5.41, 5.74) is 4.87. The molecule has 0 aliphatic heterocycles. The van der Waals surface area contributed by atoms with Crippen LogP contribution in [-0.2, 0) is 0 Å². The first-order chi connectivity index (χ1) is 9.56. The molecule has 0 spiro atoms. The van der Waals surface area contributed by atoms with Crippen LogP contribution >= 0.6 is 0 Å². The topological polar surface area (TPSA) is 6.48 Å². The molecule has 0 N–H and O–H groups in total. The van der Waals surface area contributed by atoms with Gasteiger partial charge in [0.1, 0.15) is 0 Å². The summed E-state index contributed by atoms with van der Waals surface area (Å²) in [4.78, 5) is 4.21. The summed E-state index contributed by atoms with van der Waals surface area (Å²) in [6.07, 6.45) is 4.29. The van der Waals surface area contributed by atoms with Crippen LogP contribution < -0.4 is 9.80 Å². The van der Waals surface area contributed by atoms with Crippen molar-refractivity contribution in [2.24, 2.45) is 0 Å². The zero-order chi connectivity index (χ0) is 14.5. The second kappa shape index (κ2) is 8.47.